The van der Waals surface area contributed by atoms with Gasteiger partial charge in [0.15, 0.2) is 0 Å². The molecule has 2 amide bonds. The van der Waals surface area contributed by atoms with Crippen LogP contribution < -0.4 is 10.1 Å². The SMILES string of the molecule is COc1ccc(C2=C(Nc3ccc(C)cc3C)C(=O)N(Cc3ccccn3)C2=O)cc1. The lowest BCUT2D eigenvalue weighted by molar-refractivity contribution is -0.137. The summed E-state index contributed by atoms with van der Waals surface area (Å²) in [5.41, 5.74) is 4.79. The first kappa shape index (κ1) is 20.3. The molecule has 0 fully saturated rings. The molecule has 2 heterocycles. The van der Waals surface area contributed by atoms with Gasteiger partial charge in [-0.2, -0.15) is 0 Å². The summed E-state index contributed by atoms with van der Waals surface area (Å²) in [5, 5.41) is 3.23. The molecule has 0 spiro atoms. The summed E-state index contributed by atoms with van der Waals surface area (Å²) in [4.78, 5) is 32.2. The van der Waals surface area contributed by atoms with Crippen molar-refractivity contribution < 1.29 is 14.3 Å². The molecule has 0 unspecified atom stereocenters. The van der Waals surface area contributed by atoms with Crippen LogP contribution in [-0.4, -0.2) is 28.8 Å². The zero-order chi connectivity index (χ0) is 22.0. The Bertz CT molecular complexity index is 1170. The zero-order valence-electron chi connectivity index (χ0n) is 17.7. The number of imide groups is 1. The Morgan fingerprint density at radius 1 is 0.968 bits per heavy atom. The molecule has 2 aromatic carbocycles. The maximum absolute atomic E-state index is 13.4. The smallest absolute Gasteiger partial charge is 0.278 e. The fourth-order valence-corrected chi connectivity index (χ4v) is 3.60. The second kappa shape index (κ2) is 8.44. The molecule has 0 saturated heterocycles. The molecule has 156 valence electrons. The first-order valence-corrected chi connectivity index (χ1v) is 9.97. The monoisotopic (exact) mass is 413 g/mol. The Morgan fingerprint density at radius 2 is 1.74 bits per heavy atom. The molecule has 4 rings (SSSR count). The third-order valence-corrected chi connectivity index (χ3v) is 5.23. The first-order valence-electron chi connectivity index (χ1n) is 9.97. The number of carbonyl (C=O) groups excluding carboxylic acids is 2. The molecule has 0 aliphatic carbocycles. The van der Waals surface area contributed by atoms with Crippen molar-refractivity contribution >= 4 is 23.1 Å². The van der Waals surface area contributed by atoms with Crippen LogP contribution in [0.2, 0.25) is 0 Å². The Balaban J connectivity index is 1.76. The van der Waals surface area contributed by atoms with Gasteiger partial charge in [-0.3, -0.25) is 19.5 Å². The largest absolute Gasteiger partial charge is 0.497 e. The number of anilines is 1. The molecular weight excluding hydrogens is 390 g/mol. The summed E-state index contributed by atoms with van der Waals surface area (Å²) in [6, 6.07) is 18.5. The number of ether oxygens (including phenoxy) is 1. The first-order chi connectivity index (χ1) is 15.0. The predicted octanol–water partition coefficient (Wildman–Crippen LogP) is 4.10. The molecule has 0 atom stereocenters. The molecule has 1 aliphatic heterocycles. The lowest BCUT2D eigenvalue weighted by atomic mass is 10.0. The number of methoxy groups -OCH3 is 1. The summed E-state index contributed by atoms with van der Waals surface area (Å²) < 4.78 is 5.23. The maximum Gasteiger partial charge on any atom is 0.278 e. The van der Waals surface area contributed by atoms with Gasteiger partial charge < -0.3 is 10.1 Å². The maximum atomic E-state index is 13.4. The van der Waals surface area contributed by atoms with E-state index in [9.17, 15) is 9.59 Å². The molecule has 6 nitrogen and oxygen atoms in total. The number of benzene rings is 2. The fraction of sp³-hybridized carbons (Fsp3) is 0.160. The summed E-state index contributed by atoms with van der Waals surface area (Å²) in [6.07, 6.45) is 1.65. The van der Waals surface area contributed by atoms with E-state index in [2.05, 4.69) is 10.3 Å². The van der Waals surface area contributed by atoms with Crippen molar-refractivity contribution in [3.63, 3.8) is 0 Å². The fourth-order valence-electron chi connectivity index (χ4n) is 3.60. The summed E-state index contributed by atoms with van der Waals surface area (Å²) in [6.45, 7) is 4.09. The molecule has 1 aliphatic rings. The number of rotatable bonds is 6. The lowest BCUT2D eigenvalue weighted by Gasteiger charge is -2.15. The third-order valence-electron chi connectivity index (χ3n) is 5.23. The van der Waals surface area contributed by atoms with Crippen molar-refractivity contribution in [2.45, 2.75) is 20.4 Å². The predicted molar refractivity (Wildman–Crippen MR) is 119 cm³/mol. The molecule has 3 aromatic rings. The van der Waals surface area contributed by atoms with Gasteiger partial charge in [0.25, 0.3) is 11.8 Å². The van der Waals surface area contributed by atoms with Crippen LogP contribution in [0.3, 0.4) is 0 Å². The van der Waals surface area contributed by atoms with E-state index in [0.717, 1.165) is 16.8 Å². The van der Waals surface area contributed by atoms with Gasteiger partial charge in [0.2, 0.25) is 0 Å². The van der Waals surface area contributed by atoms with Crippen molar-refractivity contribution in [3.05, 3.63) is 94.9 Å². The van der Waals surface area contributed by atoms with Crippen LogP contribution in [0.15, 0.2) is 72.6 Å². The minimum atomic E-state index is -0.374. The van der Waals surface area contributed by atoms with Crippen LogP contribution >= 0.6 is 0 Å². The van der Waals surface area contributed by atoms with Crippen LogP contribution in [0.5, 0.6) is 5.75 Å². The number of nitrogens with one attached hydrogen (secondary N) is 1. The van der Waals surface area contributed by atoms with E-state index in [1.54, 1.807) is 49.7 Å². The molecule has 1 N–H and O–H groups in total. The average molecular weight is 413 g/mol. The van der Waals surface area contributed by atoms with Crippen molar-refractivity contribution in [2.75, 3.05) is 12.4 Å². The molecule has 0 saturated carbocycles. The van der Waals surface area contributed by atoms with Gasteiger partial charge in [-0.05, 0) is 55.3 Å². The number of aryl methyl sites for hydroxylation is 2. The topological polar surface area (TPSA) is 71.5 Å². The van der Waals surface area contributed by atoms with Gasteiger partial charge in [0, 0.05) is 11.9 Å². The zero-order valence-corrected chi connectivity index (χ0v) is 17.7. The Hall–Kier alpha value is -3.93. The number of amides is 2. The Kier molecular flexibility index (Phi) is 5.54. The van der Waals surface area contributed by atoms with Crippen LogP contribution in [0.25, 0.3) is 5.57 Å². The van der Waals surface area contributed by atoms with Crippen LogP contribution in [0.1, 0.15) is 22.4 Å². The molecule has 0 radical (unpaired) electrons. The Morgan fingerprint density at radius 3 is 2.39 bits per heavy atom. The second-order valence-electron chi connectivity index (χ2n) is 7.44. The highest BCUT2D eigenvalue weighted by atomic mass is 16.5. The molecule has 31 heavy (non-hydrogen) atoms. The van der Waals surface area contributed by atoms with Crippen LogP contribution in [0.4, 0.5) is 5.69 Å². The third kappa shape index (κ3) is 4.05. The number of nitrogens with zero attached hydrogens (tertiary/aromatic N) is 2. The number of carbonyl (C=O) groups is 2. The number of pyridine rings is 1. The number of hydrogen-bond acceptors (Lipinski definition) is 5. The van der Waals surface area contributed by atoms with Crippen molar-refractivity contribution in [1.82, 2.24) is 9.88 Å². The minimum Gasteiger partial charge on any atom is -0.497 e. The van der Waals surface area contributed by atoms with E-state index < -0.39 is 0 Å². The highest BCUT2D eigenvalue weighted by molar-refractivity contribution is 6.36. The van der Waals surface area contributed by atoms with E-state index >= 15 is 0 Å². The summed E-state index contributed by atoms with van der Waals surface area (Å²) in [7, 11) is 1.58. The number of hydrogen-bond donors (Lipinski definition) is 1. The lowest BCUT2D eigenvalue weighted by Crippen LogP contribution is -2.32. The molecule has 1 aromatic heterocycles. The number of aromatic nitrogens is 1. The average Bonchev–Trinajstić information content (AvgIpc) is 3.00. The molecule has 6 heteroatoms. The van der Waals surface area contributed by atoms with Gasteiger partial charge in [0.05, 0.1) is 24.9 Å². The van der Waals surface area contributed by atoms with E-state index in [-0.39, 0.29) is 24.1 Å². The highest BCUT2D eigenvalue weighted by Crippen LogP contribution is 2.33. The summed E-state index contributed by atoms with van der Waals surface area (Å²) >= 11 is 0. The van der Waals surface area contributed by atoms with Gasteiger partial charge in [-0.25, -0.2) is 0 Å². The van der Waals surface area contributed by atoms with E-state index in [4.69, 9.17) is 4.74 Å². The van der Waals surface area contributed by atoms with Crippen LogP contribution in [0, 0.1) is 13.8 Å². The minimum absolute atomic E-state index is 0.107. The van der Waals surface area contributed by atoms with Crippen molar-refractivity contribution in [3.8, 4) is 5.75 Å². The normalized spacial score (nSPS) is 13.7. The summed E-state index contributed by atoms with van der Waals surface area (Å²) in [5.74, 6) is -0.0510. The van der Waals surface area contributed by atoms with Gasteiger partial charge >= 0.3 is 0 Å². The van der Waals surface area contributed by atoms with E-state index in [1.807, 2.05) is 38.1 Å². The highest BCUT2D eigenvalue weighted by Gasteiger charge is 2.39. The van der Waals surface area contributed by atoms with E-state index in [0.29, 0.717) is 22.6 Å². The van der Waals surface area contributed by atoms with Gasteiger partial charge in [0.1, 0.15) is 11.4 Å². The Labute approximate surface area is 181 Å². The second-order valence-corrected chi connectivity index (χ2v) is 7.44. The van der Waals surface area contributed by atoms with Crippen molar-refractivity contribution in [1.29, 1.82) is 0 Å². The van der Waals surface area contributed by atoms with Crippen molar-refractivity contribution in [2.24, 2.45) is 0 Å². The quantitative estimate of drug-likeness (QED) is 0.616. The molecular formula is C25H23N3O3. The van der Waals surface area contributed by atoms with E-state index in [1.165, 1.54) is 4.90 Å². The molecule has 0 bridgehead atoms. The standard InChI is InChI=1S/C25H23N3O3/c1-16-7-12-21(17(2)14-16)27-23-22(18-8-10-20(31-3)11-9-18)24(29)28(25(23)30)15-19-6-4-5-13-26-19/h4-14,27H,15H2,1-3H3. The van der Waals surface area contributed by atoms with Crippen LogP contribution in [-0.2, 0) is 16.1 Å². The van der Waals surface area contributed by atoms with Gasteiger partial charge in [-0.1, -0.05) is 35.9 Å². The van der Waals surface area contributed by atoms with Gasteiger partial charge in [-0.15, -0.1) is 0 Å².